The highest BCUT2D eigenvalue weighted by molar-refractivity contribution is 7.99. The summed E-state index contributed by atoms with van der Waals surface area (Å²) in [5.41, 5.74) is 1.34. The van der Waals surface area contributed by atoms with Gasteiger partial charge in [0.15, 0.2) is 0 Å². The SMILES string of the molecule is CS[C@@H]1CCC[C@H](NC(=O)c2ccc(NC(C)=O)cc2)C1. The second-order valence-electron chi connectivity index (χ2n) is 5.45. The molecule has 0 radical (unpaired) electrons. The van der Waals surface area contributed by atoms with E-state index in [1.54, 1.807) is 24.3 Å². The van der Waals surface area contributed by atoms with Crippen molar-refractivity contribution in [1.29, 1.82) is 0 Å². The summed E-state index contributed by atoms with van der Waals surface area (Å²) < 4.78 is 0. The molecule has 5 heteroatoms. The number of amides is 2. The van der Waals surface area contributed by atoms with Crippen molar-refractivity contribution in [3.05, 3.63) is 29.8 Å². The molecule has 0 heterocycles. The van der Waals surface area contributed by atoms with E-state index < -0.39 is 0 Å². The fourth-order valence-electron chi connectivity index (χ4n) is 2.67. The molecule has 2 rings (SSSR count). The van der Waals surface area contributed by atoms with Gasteiger partial charge in [-0.1, -0.05) is 6.42 Å². The third kappa shape index (κ3) is 4.77. The van der Waals surface area contributed by atoms with E-state index in [0.29, 0.717) is 16.5 Å². The number of nitrogens with one attached hydrogen (secondary N) is 2. The van der Waals surface area contributed by atoms with Crippen LogP contribution in [0, 0.1) is 0 Å². The van der Waals surface area contributed by atoms with E-state index in [2.05, 4.69) is 16.9 Å². The number of carbonyl (C=O) groups is 2. The van der Waals surface area contributed by atoms with Crippen LogP contribution in [0.2, 0.25) is 0 Å². The Morgan fingerprint density at radius 1 is 1.19 bits per heavy atom. The molecule has 1 aromatic carbocycles. The summed E-state index contributed by atoms with van der Waals surface area (Å²) in [5, 5.41) is 6.47. The Morgan fingerprint density at radius 3 is 2.52 bits per heavy atom. The summed E-state index contributed by atoms with van der Waals surface area (Å²) in [5.74, 6) is -0.145. The first-order valence-corrected chi connectivity index (χ1v) is 8.58. The number of hydrogen-bond donors (Lipinski definition) is 2. The molecule has 1 aliphatic rings. The Morgan fingerprint density at radius 2 is 1.90 bits per heavy atom. The second kappa shape index (κ2) is 7.50. The number of benzene rings is 1. The van der Waals surface area contributed by atoms with Crippen molar-refractivity contribution in [3.8, 4) is 0 Å². The Hall–Kier alpha value is -1.49. The maximum absolute atomic E-state index is 12.2. The third-order valence-electron chi connectivity index (χ3n) is 3.76. The van der Waals surface area contributed by atoms with Gasteiger partial charge in [-0.2, -0.15) is 11.8 Å². The van der Waals surface area contributed by atoms with Gasteiger partial charge in [-0.15, -0.1) is 0 Å². The number of hydrogen-bond acceptors (Lipinski definition) is 3. The zero-order valence-corrected chi connectivity index (χ0v) is 13.3. The van der Waals surface area contributed by atoms with Gasteiger partial charge in [0.05, 0.1) is 0 Å². The van der Waals surface area contributed by atoms with E-state index in [0.717, 1.165) is 12.8 Å². The lowest BCUT2D eigenvalue weighted by Gasteiger charge is -2.28. The molecule has 0 aromatic heterocycles. The number of rotatable bonds is 4. The third-order valence-corrected chi connectivity index (χ3v) is 4.86. The lowest BCUT2D eigenvalue weighted by atomic mass is 9.94. The molecule has 2 amide bonds. The van der Waals surface area contributed by atoms with Crippen molar-refractivity contribution >= 4 is 29.3 Å². The zero-order chi connectivity index (χ0) is 15.2. The first-order chi connectivity index (χ1) is 10.1. The molecule has 0 aliphatic heterocycles. The van der Waals surface area contributed by atoms with Crippen LogP contribution in [0.25, 0.3) is 0 Å². The monoisotopic (exact) mass is 306 g/mol. The molecule has 0 unspecified atom stereocenters. The summed E-state index contributed by atoms with van der Waals surface area (Å²) in [6.45, 7) is 1.46. The maximum Gasteiger partial charge on any atom is 0.251 e. The largest absolute Gasteiger partial charge is 0.349 e. The lowest BCUT2D eigenvalue weighted by molar-refractivity contribution is -0.114. The van der Waals surface area contributed by atoms with Crippen LogP contribution in [0.3, 0.4) is 0 Å². The van der Waals surface area contributed by atoms with Gasteiger partial charge in [0.2, 0.25) is 5.91 Å². The van der Waals surface area contributed by atoms with Crippen LogP contribution in [0.15, 0.2) is 24.3 Å². The summed E-state index contributed by atoms with van der Waals surface area (Å²) in [6, 6.07) is 7.27. The first-order valence-electron chi connectivity index (χ1n) is 7.30. The van der Waals surface area contributed by atoms with Crippen molar-refractivity contribution < 1.29 is 9.59 Å². The number of thioether (sulfide) groups is 1. The first kappa shape index (κ1) is 15.9. The van der Waals surface area contributed by atoms with Gasteiger partial charge in [-0.05, 0) is 49.8 Å². The smallest absolute Gasteiger partial charge is 0.251 e. The molecule has 0 spiro atoms. The highest BCUT2D eigenvalue weighted by atomic mass is 32.2. The fraction of sp³-hybridized carbons (Fsp3) is 0.500. The minimum atomic E-state index is -0.113. The van der Waals surface area contributed by atoms with Gasteiger partial charge in [-0.3, -0.25) is 9.59 Å². The van der Waals surface area contributed by atoms with Gasteiger partial charge in [-0.25, -0.2) is 0 Å². The molecule has 1 saturated carbocycles. The van der Waals surface area contributed by atoms with Crippen LogP contribution in [-0.2, 0) is 4.79 Å². The zero-order valence-electron chi connectivity index (χ0n) is 12.5. The predicted octanol–water partition coefficient (Wildman–Crippen LogP) is 3.05. The van der Waals surface area contributed by atoms with Crippen molar-refractivity contribution in [2.45, 2.75) is 43.9 Å². The molecule has 21 heavy (non-hydrogen) atoms. The second-order valence-corrected chi connectivity index (χ2v) is 6.59. The molecule has 114 valence electrons. The molecule has 1 aliphatic carbocycles. The molecule has 1 fully saturated rings. The summed E-state index contributed by atoms with van der Waals surface area (Å²) in [6.07, 6.45) is 6.68. The topological polar surface area (TPSA) is 58.2 Å². The molecule has 4 nitrogen and oxygen atoms in total. The van der Waals surface area contributed by atoms with Crippen molar-refractivity contribution in [1.82, 2.24) is 5.32 Å². The van der Waals surface area contributed by atoms with E-state index in [1.807, 2.05) is 11.8 Å². The van der Waals surface area contributed by atoms with Crippen LogP contribution in [-0.4, -0.2) is 29.4 Å². The van der Waals surface area contributed by atoms with Crippen molar-refractivity contribution in [3.63, 3.8) is 0 Å². The maximum atomic E-state index is 12.2. The minimum Gasteiger partial charge on any atom is -0.349 e. The van der Waals surface area contributed by atoms with Gasteiger partial charge < -0.3 is 10.6 Å². The lowest BCUT2D eigenvalue weighted by Crippen LogP contribution is -2.39. The van der Waals surface area contributed by atoms with Crippen LogP contribution >= 0.6 is 11.8 Å². The van der Waals surface area contributed by atoms with E-state index in [9.17, 15) is 9.59 Å². The molecule has 2 atom stereocenters. The van der Waals surface area contributed by atoms with E-state index in [1.165, 1.54) is 19.8 Å². The quantitative estimate of drug-likeness (QED) is 0.899. The van der Waals surface area contributed by atoms with Crippen LogP contribution in [0.4, 0.5) is 5.69 Å². The number of anilines is 1. The van der Waals surface area contributed by atoms with E-state index in [4.69, 9.17) is 0 Å². The summed E-state index contributed by atoms with van der Waals surface area (Å²) in [7, 11) is 0. The van der Waals surface area contributed by atoms with Gasteiger partial charge in [0.1, 0.15) is 0 Å². The Balaban J connectivity index is 1.92. The van der Waals surface area contributed by atoms with Crippen molar-refractivity contribution in [2.75, 3.05) is 11.6 Å². The molecular weight excluding hydrogens is 284 g/mol. The normalized spacial score (nSPS) is 21.6. The molecule has 0 bridgehead atoms. The minimum absolute atomic E-state index is 0.0314. The van der Waals surface area contributed by atoms with Crippen LogP contribution in [0.5, 0.6) is 0 Å². The Labute approximate surface area is 130 Å². The van der Waals surface area contributed by atoms with E-state index in [-0.39, 0.29) is 17.9 Å². The Bertz CT molecular complexity index is 502. The molecule has 1 aromatic rings. The average Bonchev–Trinajstić information content (AvgIpc) is 2.47. The van der Waals surface area contributed by atoms with Crippen LogP contribution in [0.1, 0.15) is 43.0 Å². The van der Waals surface area contributed by atoms with Gasteiger partial charge in [0, 0.05) is 29.5 Å². The molecule has 2 N–H and O–H groups in total. The average molecular weight is 306 g/mol. The molecular formula is C16H22N2O2S. The van der Waals surface area contributed by atoms with Gasteiger partial charge >= 0.3 is 0 Å². The fourth-order valence-corrected chi connectivity index (χ4v) is 3.49. The van der Waals surface area contributed by atoms with E-state index >= 15 is 0 Å². The molecule has 0 saturated heterocycles. The summed E-state index contributed by atoms with van der Waals surface area (Å²) >= 11 is 1.89. The number of carbonyl (C=O) groups excluding carboxylic acids is 2. The predicted molar refractivity (Wildman–Crippen MR) is 87.8 cm³/mol. The highest BCUT2D eigenvalue weighted by Crippen LogP contribution is 2.27. The summed E-state index contributed by atoms with van der Waals surface area (Å²) in [4.78, 5) is 23.2. The van der Waals surface area contributed by atoms with Crippen LogP contribution < -0.4 is 10.6 Å². The highest BCUT2D eigenvalue weighted by Gasteiger charge is 2.22. The van der Waals surface area contributed by atoms with Crippen molar-refractivity contribution in [2.24, 2.45) is 0 Å². The van der Waals surface area contributed by atoms with Gasteiger partial charge in [0.25, 0.3) is 5.91 Å². The Kier molecular flexibility index (Phi) is 5.67. The standard InChI is InChI=1S/C16H22N2O2S/c1-11(19)17-13-8-6-12(7-9-13)16(20)18-14-4-3-5-15(10-14)21-2/h6-9,14-15H,3-5,10H2,1-2H3,(H,17,19)(H,18,20)/t14-,15+/m0/s1.